The number of aromatic nitrogens is 3. The summed E-state index contributed by atoms with van der Waals surface area (Å²) >= 11 is 0. The average molecular weight is 468 g/mol. The van der Waals surface area contributed by atoms with Crippen molar-refractivity contribution in [1.82, 2.24) is 15.0 Å². The van der Waals surface area contributed by atoms with Crippen LogP contribution in [0.15, 0.2) is 18.2 Å². The maximum Gasteiger partial charge on any atom is 0.159 e. The van der Waals surface area contributed by atoms with Crippen LogP contribution in [-0.4, -0.2) is 31.5 Å². The molecule has 6 heteroatoms. The largest absolute Gasteiger partial charge is 0.390 e. The number of hydrogen-bond acceptors (Lipinski definition) is 4. The van der Waals surface area contributed by atoms with Gasteiger partial charge in [-0.2, -0.15) is 15.0 Å². The minimum Gasteiger partial charge on any atom is -0.390 e. The quantitative estimate of drug-likeness (QED) is 0.643. The summed E-state index contributed by atoms with van der Waals surface area (Å²) in [6.45, 7) is 7.09. The fraction of sp³-hybridized carbons (Fsp3) is 0.750. The Kier molecular flexibility index (Phi) is 5.05. The highest BCUT2D eigenvalue weighted by Gasteiger charge is 2.61. The van der Waals surface area contributed by atoms with Gasteiger partial charge in [-0.15, -0.1) is 0 Å². The maximum atomic E-state index is 13.5. The predicted molar refractivity (Wildman–Crippen MR) is 128 cm³/mol. The van der Waals surface area contributed by atoms with Crippen LogP contribution in [0.25, 0.3) is 11.0 Å². The zero-order valence-corrected chi connectivity index (χ0v) is 20.8. The predicted octanol–water partition coefficient (Wildman–Crippen LogP) is 5.55. The van der Waals surface area contributed by atoms with Crippen LogP contribution in [-0.2, 0) is 11.3 Å². The van der Waals surface area contributed by atoms with Crippen molar-refractivity contribution in [2.45, 2.75) is 90.7 Å². The minimum absolute atomic E-state index is 0.0558. The Balaban J connectivity index is 1.20. The van der Waals surface area contributed by atoms with Gasteiger partial charge in [-0.3, -0.25) is 4.79 Å². The van der Waals surface area contributed by atoms with E-state index in [-0.39, 0.29) is 29.5 Å². The van der Waals surface area contributed by atoms with Gasteiger partial charge in [0, 0.05) is 12.0 Å². The Labute approximate surface area is 201 Å². The maximum absolute atomic E-state index is 13.5. The Morgan fingerprint density at radius 1 is 1.00 bits per heavy atom. The topological polar surface area (TPSA) is 68.0 Å². The molecular weight excluding hydrogens is 429 g/mol. The number of halogens is 1. The standard InChI is InChI=1S/C28H38FN3O2/c1-26(34)12-13-27(2)17(15-26)4-6-19-20-7-8-22(28(20,3)11-10-21(19)27)25(33)16-32-30-23-9-5-18(29)14-24(23)31-32/h5,9,14,17,19-22,34H,4,6-8,10-13,15-16H2,1-3H3/t17-,19+,20+,21+,22-,26?,27+,28+/m1/s1. The number of aliphatic hydroxyl groups is 1. The number of nitrogens with zero attached hydrogens (tertiary/aromatic N) is 3. The number of fused-ring (bicyclic) bond motifs is 6. The molecule has 34 heavy (non-hydrogen) atoms. The van der Waals surface area contributed by atoms with Gasteiger partial charge >= 0.3 is 0 Å². The summed E-state index contributed by atoms with van der Waals surface area (Å²) in [7, 11) is 0. The van der Waals surface area contributed by atoms with Gasteiger partial charge in [-0.25, -0.2) is 4.39 Å². The molecule has 1 N–H and O–H groups in total. The van der Waals surface area contributed by atoms with E-state index in [2.05, 4.69) is 24.0 Å². The van der Waals surface area contributed by atoms with E-state index in [9.17, 15) is 14.3 Å². The summed E-state index contributed by atoms with van der Waals surface area (Å²) in [5, 5.41) is 19.5. The molecule has 0 saturated heterocycles. The Bertz CT molecular complexity index is 1130. The molecule has 0 spiro atoms. The summed E-state index contributed by atoms with van der Waals surface area (Å²) in [5.41, 5.74) is 1.02. The number of carbonyl (C=O) groups is 1. The lowest BCUT2D eigenvalue weighted by Gasteiger charge is -2.61. The molecule has 8 atom stereocenters. The summed E-state index contributed by atoms with van der Waals surface area (Å²) in [6.07, 6.45) is 9.91. The van der Waals surface area contributed by atoms with E-state index in [1.807, 2.05) is 6.92 Å². The van der Waals surface area contributed by atoms with Crippen molar-refractivity contribution >= 4 is 16.8 Å². The first-order valence-corrected chi connectivity index (χ1v) is 13.3. The number of benzene rings is 1. The lowest BCUT2D eigenvalue weighted by Crippen LogP contribution is -2.55. The van der Waals surface area contributed by atoms with E-state index in [1.54, 1.807) is 6.07 Å². The van der Waals surface area contributed by atoms with Crippen molar-refractivity contribution < 1.29 is 14.3 Å². The third-order valence-corrected chi connectivity index (χ3v) is 11.0. The van der Waals surface area contributed by atoms with Gasteiger partial charge in [0.05, 0.1) is 5.60 Å². The van der Waals surface area contributed by atoms with Gasteiger partial charge in [0.2, 0.25) is 0 Å². The number of carbonyl (C=O) groups excluding carboxylic acids is 1. The van der Waals surface area contributed by atoms with Gasteiger partial charge in [0.15, 0.2) is 5.78 Å². The number of ketones is 1. The van der Waals surface area contributed by atoms with E-state index < -0.39 is 5.60 Å². The molecule has 4 saturated carbocycles. The Morgan fingerprint density at radius 2 is 1.76 bits per heavy atom. The fourth-order valence-electron chi connectivity index (χ4n) is 9.21. The molecule has 0 aliphatic heterocycles. The van der Waals surface area contributed by atoms with Crippen LogP contribution in [0.2, 0.25) is 0 Å². The molecule has 1 aromatic carbocycles. The van der Waals surface area contributed by atoms with Crippen LogP contribution in [0.1, 0.15) is 78.6 Å². The van der Waals surface area contributed by atoms with Gasteiger partial charge in [0.1, 0.15) is 23.4 Å². The zero-order chi connectivity index (χ0) is 23.9. The molecular formula is C28H38FN3O2. The van der Waals surface area contributed by atoms with Crippen molar-refractivity contribution in [2.24, 2.45) is 40.4 Å². The molecule has 4 aliphatic carbocycles. The average Bonchev–Trinajstić information content (AvgIpc) is 3.33. The zero-order valence-electron chi connectivity index (χ0n) is 20.8. The second-order valence-electron chi connectivity index (χ2n) is 12.9. The Morgan fingerprint density at radius 3 is 2.59 bits per heavy atom. The third kappa shape index (κ3) is 3.38. The fourth-order valence-corrected chi connectivity index (χ4v) is 9.21. The van der Waals surface area contributed by atoms with Crippen LogP contribution >= 0.6 is 0 Å². The first kappa shape index (κ1) is 22.6. The molecule has 0 radical (unpaired) electrons. The van der Waals surface area contributed by atoms with E-state index in [0.717, 1.165) is 44.4 Å². The van der Waals surface area contributed by atoms with Crippen molar-refractivity contribution in [3.63, 3.8) is 0 Å². The molecule has 1 aromatic heterocycles. The lowest BCUT2D eigenvalue weighted by atomic mass is 9.44. The SMILES string of the molecule is CC1(O)CC[C@@]2(C)[C@H](CC[C@@H]3[C@@H]2CC[C@]2(C)[C@@H](C(=O)Cn4nc5ccc(F)cc5n4)CC[C@@H]32)C1. The van der Waals surface area contributed by atoms with Crippen molar-refractivity contribution in [3.8, 4) is 0 Å². The molecule has 1 heterocycles. The molecule has 1 unspecified atom stereocenters. The summed E-state index contributed by atoms with van der Waals surface area (Å²) in [5.74, 6) is 2.62. The molecule has 0 amide bonds. The lowest BCUT2D eigenvalue weighted by molar-refractivity contribution is -0.151. The Hall–Kier alpha value is -1.82. The van der Waals surface area contributed by atoms with E-state index in [4.69, 9.17) is 0 Å². The van der Waals surface area contributed by atoms with Crippen LogP contribution in [0.4, 0.5) is 4.39 Å². The van der Waals surface area contributed by atoms with E-state index in [0.29, 0.717) is 34.2 Å². The molecule has 4 fully saturated rings. The number of Topliss-reactive ketones (excluding diaryl/α,β-unsaturated/α-hetero) is 1. The second kappa shape index (κ2) is 7.59. The smallest absolute Gasteiger partial charge is 0.159 e. The van der Waals surface area contributed by atoms with Crippen LogP contribution in [0.5, 0.6) is 0 Å². The van der Waals surface area contributed by atoms with Crippen molar-refractivity contribution in [2.75, 3.05) is 0 Å². The third-order valence-electron chi connectivity index (χ3n) is 11.0. The van der Waals surface area contributed by atoms with Crippen LogP contribution < -0.4 is 0 Å². The molecule has 6 rings (SSSR count). The monoisotopic (exact) mass is 467 g/mol. The van der Waals surface area contributed by atoms with Crippen LogP contribution in [0, 0.1) is 46.2 Å². The van der Waals surface area contributed by atoms with Gasteiger partial charge in [-0.05, 0) is 111 Å². The normalized spacial score (nSPS) is 43.9. The highest BCUT2D eigenvalue weighted by molar-refractivity contribution is 5.82. The molecule has 0 bridgehead atoms. The van der Waals surface area contributed by atoms with Crippen LogP contribution in [0.3, 0.4) is 0 Å². The summed E-state index contributed by atoms with van der Waals surface area (Å²) in [4.78, 5) is 15.0. The molecule has 2 aromatic rings. The summed E-state index contributed by atoms with van der Waals surface area (Å²) < 4.78 is 13.5. The molecule has 184 valence electrons. The van der Waals surface area contributed by atoms with Crippen molar-refractivity contribution in [3.05, 3.63) is 24.0 Å². The highest BCUT2D eigenvalue weighted by Crippen LogP contribution is 2.68. The summed E-state index contributed by atoms with van der Waals surface area (Å²) in [6, 6.07) is 4.38. The number of rotatable bonds is 3. The van der Waals surface area contributed by atoms with E-state index in [1.165, 1.54) is 36.2 Å². The van der Waals surface area contributed by atoms with E-state index >= 15 is 0 Å². The molecule has 5 nitrogen and oxygen atoms in total. The van der Waals surface area contributed by atoms with Gasteiger partial charge < -0.3 is 5.11 Å². The minimum atomic E-state index is -0.498. The van der Waals surface area contributed by atoms with Crippen molar-refractivity contribution in [1.29, 1.82) is 0 Å². The van der Waals surface area contributed by atoms with Gasteiger partial charge in [0.25, 0.3) is 0 Å². The first-order chi connectivity index (χ1) is 16.1. The van der Waals surface area contributed by atoms with Gasteiger partial charge in [-0.1, -0.05) is 13.8 Å². The molecule has 4 aliphatic rings. The highest BCUT2D eigenvalue weighted by atomic mass is 19.1. The second-order valence-corrected chi connectivity index (χ2v) is 12.9. The number of hydrogen-bond donors (Lipinski definition) is 1. The first-order valence-electron chi connectivity index (χ1n) is 13.3.